The number of nitrogens with zero attached hydrogens (tertiary/aromatic N) is 2. The third-order valence-corrected chi connectivity index (χ3v) is 15.1. The highest BCUT2D eigenvalue weighted by molar-refractivity contribution is 6.46. The van der Waals surface area contributed by atoms with Gasteiger partial charge in [-0.1, -0.05) is 45.1 Å². The van der Waals surface area contributed by atoms with Crippen LogP contribution in [0.2, 0.25) is 23.7 Å². The van der Waals surface area contributed by atoms with Gasteiger partial charge in [0.15, 0.2) is 0 Å². The summed E-state index contributed by atoms with van der Waals surface area (Å²) < 4.78 is 35.3. The molecule has 0 saturated heterocycles. The minimum atomic E-state index is -1.14. The highest BCUT2D eigenvalue weighted by Gasteiger charge is 2.24. The molecule has 0 amide bonds. The molecule has 0 saturated carbocycles. The van der Waals surface area contributed by atoms with Gasteiger partial charge in [-0.25, -0.2) is 0 Å². The molecule has 1 unspecified atom stereocenters. The molecule has 0 bridgehead atoms. The molecule has 8 nitrogen and oxygen atoms in total. The standard InChI is InChI=1S/C30H67N2O6Si4/c1-10-33-40(34-11-2)27-21-24-31(8)30(32(9)25-22-28-41(35-12-3)36-13-4)39-26-20-18-16-17-19-23-29(7)42(37-14-5)38-15-6/h29-30H,10-28H2,1-9H3. The van der Waals surface area contributed by atoms with Crippen LogP contribution in [0.1, 0.15) is 99.8 Å². The largest absolute Gasteiger partial charge is 0.394 e. The van der Waals surface area contributed by atoms with Crippen molar-refractivity contribution in [2.45, 2.75) is 129 Å². The van der Waals surface area contributed by atoms with Gasteiger partial charge in [-0.05, 0) is 100 Å². The summed E-state index contributed by atoms with van der Waals surface area (Å²) in [4.78, 5) is 5.15. The van der Waals surface area contributed by atoms with Gasteiger partial charge >= 0.3 is 27.9 Å². The maximum Gasteiger partial charge on any atom is 0.387 e. The lowest BCUT2D eigenvalue weighted by Crippen LogP contribution is -2.49. The van der Waals surface area contributed by atoms with Crippen LogP contribution in [0.25, 0.3) is 0 Å². The zero-order chi connectivity index (χ0) is 31.4. The lowest BCUT2D eigenvalue weighted by atomic mass is 10.1. The van der Waals surface area contributed by atoms with Crippen molar-refractivity contribution < 1.29 is 26.6 Å². The van der Waals surface area contributed by atoms with Crippen molar-refractivity contribution in [1.82, 2.24) is 9.80 Å². The minimum Gasteiger partial charge on any atom is -0.394 e. The fraction of sp³-hybridized carbons (Fsp3) is 1.00. The van der Waals surface area contributed by atoms with Gasteiger partial charge in [0, 0.05) is 51.0 Å². The Bertz CT molecular complexity index is 530. The van der Waals surface area contributed by atoms with Crippen LogP contribution in [0, 0.1) is 0 Å². The second-order valence-electron chi connectivity index (χ2n) is 10.6. The molecule has 0 aliphatic carbocycles. The Balaban J connectivity index is 4.68. The van der Waals surface area contributed by atoms with Crippen LogP contribution in [0.15, 0.2) is 0 Å². The molecule has 0 aliphatic heterocycles. The molecule has 1 atom stereocenters. The third-order valence-electron chi connectivity index (χ3n) is 6.96. The summed E-state index contributed by atoms with van der Waals surface area (Å²) in [5.74, 6) is 0.480. The topological polar surface area (TPSA) is 61.9 Å². The van der Waals surface area contributed by atoms with Crippen molar-refractivity contribution >= 4 is 37.4 Å². The average Bonchev–Trinajstić information content (AvgIpc) is 2.96. The maximum absolute atomic E-state index is 5.88. The predicted octanol–water partition coefficient (Wildman–Crippen LogP) is 6.45. The summed E-state index contributed by atoms with van der Waals surface area (Å²) in [5.41, 5.74) is 0.557. The summed E-state index contributed by atoms with van der Waals surface area (Å²) >= 11 is 0. The Kier molecular flexibility index (Phi) is 30.6. The molecule has 42 heavy (non-hydrogen) atoms. The Morgan fingerprint density at radius 2 is 0.952 bits per heavy atom. The first-order chi connectivity index (χ1) is 20.4. The van der Waals surface area contributed by atoms with Gasteiger partial charge in [-0.3, -0.25) is 9.80 Å². The van der Waals surface area contributed by atoms with Gasteiger partial charge in [0.25, 0.3) is 0 Å². The Labute approximate surface area is 269 Å². The SMILES string of the molecule is CCO[Si](CCCN(C)C([Si]CCCCCCCC(C)[Si](OCC)OCC)N(C)CCC[Si](OCC)OCC)OCC. The molecule has 0 N–H and O–H groups in total. The van der Waals surface area contributed by atoms with E-state index in [9.17, 15) is 0 Å². The fourth-order valence-corrected chi connectivity index (χ4v) is 11.1. The van der Waals surface area contributed by atoms with Crippen molar-refractivity contribution in [2.24, 2.45) is 0 Å². The number of unbranched alkanes of at least 4 members (excludes halogenated alkanes) is 4. The van der Waals surface area contributed by atoms with Gasteiger partial charge < -0.3 is 26.6 Å². The maximum atomic E-state index is 5.88. The van der Waals surface area contributed by atoms with Gasteiger partial charge in [0.1, 0.15) is 0 Å². The lowest BCUT2D eigenvalue weighted by Gasteiger charge is -2.36. The number of rotatable bonds is 32. The van der Waals surface area contributed by atoms with E-state index in [-0.39, 0.29) is 0 Å². The normalized spacial score (nSPS) is 13.2. The molecule has 0 aromatic rings. The molecule has 0 rings (SSSR count). The van der Waals surface area contributed by atoms with E-state index >= 15 is 0 Å². The van der Waals surface area contributed by atoms with Crippen LogP contribution in [-0.2, 0) is 26.6 Å². The van der Waals surface area contributed by atoms with E-state index in [2.05, 4.69) is 72.4 Å². The van der Waals surface area contributed by atoms with Crippen LogP contribution >= 0.6 is 0 Å². The van der Waals surface area contributed by atoms with E-state index in [4.69, 9.17) is 26.6 Å². The Morgan fingerprint density at radius 3 is 1.38 bits per heavy atom. The molecule has 0 aromatic heterocycles. The monoisotopic (exact) mass is 663 g/mol. The molecular weight excluding hydrogens is 597 g/mol. The van der Waals surface area contributed by atoms with E-state index < -0.39 is 27.9 Å². The predicted molar refractivity (Wildman–Crippen MR) is 183 cm³/mol. The molecule has 5 radical (unpaired) electrons. The van der Waals surface area contributed by atoms with Crippen LogP contribution < -0.4 is 0 Å². The zero-order valence-electron chi connectivity index (χ0n) is 28.9. The van der Waals surface area contributed by atoms with Gasteiger partial charge in [0.05, 0.1) is 9.52 Å². The van der Waals surface area contributed by atoms with E-state index in [0.29, 0.717) is 11.3 Å². The molecule has 12 heteroatoms. The van der Waals surface area contributed by atoms with Crippen molar-refractivity contribution in [2.75, 3.05) is 66.8 Å². The fourth-order valence-electron chi connectivity index (χ4n) is 4.92. The summed E-state index contributed by atoms with van der Waals surface area (Å²) in [7, 11) is 2.12. The quantitative estimate of drug-likeness (QED) is 0.0463. The molecule has 0 heterocycles. The van der Waals surface area contributed by atoms with Gasteiger partial charge in [0.2, 0.25) is 0 Å². The lowest BCUT2D eigenvalue weighted by molar-refractivity contribution is 0.140. The first-order valence-electron chi connectivity index (χ1n) is 16.9. The molecule has 249 valence electrons. The van der Waals surface area contributed by atoms with Crippen LogP contribution in [-0.4, -0.2) is 120 Å². The van der Waals surface area contributed by atoms with Crippen LogP contribution in [0.5, 0.6) is 0 Å². The molecule has 0 aliphatic rings. The van der Waals surface area contributed by atoms with Gasteiger partial charge in [-0.2, -0.15) is 0 Å². The van der Waals surface area contributed by atoms with Crippen molar-refractivity contribution in [3.8, 4) is 0 Å². The average molecular weight is 664 g/mol. The molecule has 0 fully saturated rings. The Morgan fingerprint density at radius 1 is 0.548 bits per heavy atom. The van der Waals surface area contributed by atoms with E-state index in [1.54, 1.807) is 0 Å². The van der Waals surface area contributed by atoms with Gasteiger partial charge in [-0.15, -0.1) is 0 Å². The second kappa shape index (κ2) is 30.2. The molecular formula is C30H67N2O6Si4. The summed E-state index contributed by atoms with van der Waals surface area (Å²) in [5, 5.41) is 0. The third kappa shape index (κ3) is 22.1. The van der Waals surface area contributed by atoms with Crippen LogP contribution in [0.4, 0.5) is 0 Å². The smallest absolute Gasteiger partial charge is 0.387 e. The highest BCUT2D eigenvalue weighted by atomic mass is 28.3. The van der Waals surface area contributed by atoms with E-state index in [1.807, 2.05) is 0 Å². The second-order valence-corrected chi connectivity index (χ2v) is 17.9. The number of hydrogen-bond acceptors (Lipinski definition) is 8. The summed E-state index contributed by atoms with van der Waals surface area (Å²) in [6.07, 6.45) is 10.0. The number of hydrogen-bond donors (Lipinski definition) is 0. The van der Waals surface area contributed by atoms with E-state index in [1.165, 1.54) is 44.6 Å². The van der Waals surface area contributed by atoms with E-state index in [0.717, 1.165) is 87.2 Å². The summed E-state index contributed by atoms with van der Waals surface area (Å²) in [6, 6.07) is 3.39. The Hall–Kier alpha value is 0.548. The zero-order valence-corrected chi connectivity index (χ0v) is 32.9. The molecule has 0 aromatic carbocycles. The van der Waals surface area contributed by atoms with Crippen molar-refractivity contribution in [1.29, 1.82) is 0 Å². The van der Waals surface area contributed by atoms with Crippen molar-refractivity contribution in [3.05, 3.63) is 0 Å². The minimum absolute atomic E-state index is 0.480. The molecule has 0 spiro atoms. The first-order valence-corrected chi connectivity index (χ1v) is 22.6. The first kappa shape index (κ1) is 42.5. The van der Waals surface area contributed by atoms with Crippen LogP contribution in [0.3, 0.4) is 0 Å². The highest BCUT2D eigenvalue weighted by Crippen LogP contribution is 2.21. The van der Waals surface area contributed by atoms with Crippen molar-refractivity contribution in [3.63, 3.8) is 0 Å². The summed E-state index contributed by atoms with van der Waals surface area (Å²) in [6.45, 7) is 21.3.